The Balaban J connectivity index is 1.53. The van der Waals surface area contributed by atoms with Crippen LogP contribution in [0.5, 0.6) is 5.75 Å². The molecule has 2 N–H and O–H groups in total. The highest BCUT2D eigenvalue weighted by atomic mass is 16.5. The number of benzene rings is 1. The zero-order valence-electron chi connectivity index (χ0n) is 14.7. The molecule has 0 bridgehead atoms. The molecule has 1 saturated carbocycles. The van der Waals surface area contributed by atoms with E-state index >= 15 is 0 Å². The Bertz CT molecular complexity index is 552. The maximum absolute atomic E-state index is 12.8. The van der Waals surface area contributed by atoms with E-state index in [0.29, 0.717) is 24.3 Å². The lowest BCUT2D eigenvalue weighted by Crippen LogP contribution is -2.43. The van der Waals surface area contributed by atoms with Gasteiger partial charge in [-0.2, -0.15) is 0 Å². The maximum atomic E-state index is 12.8. The second-order valence-corrected chi connectivity index (χ2v) is 7.32. The minimum Gasteiger partial charge on any atom is -0.496 e. The number of methoxy groups -OCH3 is 1. The van der Waals surface area contributed by atoms with E-state index in [9.17, 15) is 4.79 Å². The van der Waals surface area contributed by atoms with Crippen LogP contribution in [0.1, 0.15) is 37.7 Å². The normalized spacial score (nSPS) is 25.0. The van der Waals surface area contributed by atoms with E-state index in [1.165, 1.54) is 5.56 Å². The first-order valence-corrected chi connectivity index (χ1v) is 9.33. The first kappa shape index (κ1) is 17.3. The molecule has 24 heavy (non-hydrogen) atoms. The smallest absolute Gasteiger partial charge is 0.226 e. The van der Waals surface area contributed by atoms with Crippen molar-refractivity contribution in [3.05, 3.63) is 29.8 Å². The summed E-state index contributed by atoms with van der Waals surface area (Å²) in [6, 6.07) is 8.27. The predicted octanol–water partition coefficient (Wildman–Crippen LogP) is 2.85. The first-order valence-electron chi connectivity index (χ1n) is 9.33. The van der Waals surface area contributed by atoms with Gasteiger partial charge >= 0.3 is 0 Å². The van der Waals surface area contributed by atoms with Crippen LogP contribution in [0.4, 0.5) is 0 Å². The van der Waals surface area contributed by atoms with Crippen molar-refractivity contribution in [3.8, 4) is 5.75 Å². The molecule has 1 aliphatic heterocycles. The van der Waals surface area contributed by atoms with E-state index in [4.69, 9.17) is 10.5 Å². The lowest BCUT2D eigenvalue weighted by molar-refractivity contribution is -0.138. The Morgan fingerprint density at radius 3 is 2.67 bits per heavy atom. The van der Waals surface area contributed by atoms with Crippen molar-refractivity contribution in [3.63, 3.8) is 0 Å². The summed E-state index contributed by atoms with van der Waals surface area (Å²) in [7, 11) is 1.73. The Labute approximate surface area is 145 Å². The highest BCUT2D eigenvalue weighted by molar-refractivity contribution is 5.79. The maximum Gasteiger partial charge on any atom is 0.226 e. The zero-order valence-corrected chi connectivity index (χ0v) is 14.7. The molecule has 0 radical (unpaired) electrons. The van der Waals surface area contributed by atoms with Crippen LogP contribution in [0.25, 0.3) is 0 Å². The second kappa shape index (κ2) is 8.02. The summed E-state index contributed by atoms with van der Waals surface area (Å²) in [5, 5.41) is 0. The Hall–Kier alpha value is -1.55. The SMILES string of the molecule is COc1ccccc1CC1CCN(C(=O)[C@@H]2CCC[C@@H]2CN)CC1. The number of amides is 1. The summed E-state index contributed by atoms with van der Waals surface area (Å²) in [5.74, 6) is 2.57. The number of carbonyl (C=O) groups is 1. The van der Waals surface area contributed by atoms with Crippen molar-refractivity contribution in [2.45, 2.75) is 38.5 Å². The fourth-order valence-corrected chi connectivity index (χ4v) is 4.42. The molecule has 1 aromatic rings. The molecule has 0 spiro atoms. The van der Waals surface area contributed by atoms with Crippen LogP contribution in [-0.4, -0.2) is 37.6 Å². The van der Waals surface area contributed by atoms with Crippen LogP contribution >= 0.6 is 0 Å². The van der Waals surface area contributed by atoms with E-state index in [1.54, 1.807) is 7.11 Å². The number of para-hydroxylation sites is 1. The molecule has 4 nitrogen and oxygen atoms in total. The van der Waals surface area contributed by atoms with Gasteiger partial charge in [0.2, 0.25) is 5.91 Å². The number of likely N-dealkylation sites (tertiary alicyclic amines) is 1. The Morgan fingerprint density at radius 2 is 1.96 bits per heavy atom. The fraction of sp³-hybridized carbons (Fsp3) is 0.650. The van der Waals surface area contributed by atoms with Gasteiger partial charge in [-0.15, -0.1) is 0 Å². The van der Waals surface area contributed by atoms with Crippen LogP contribution in [0.15, 0.2) is 24.3 Å². The number of hydrogen-bond acceptors (Lipinski definition) is 3. The van der Waals surface area contributed by atoms with Crippen molar-refractivity contribution in [1.29, 1.82) is 0 Å². The van der Waals surface area contributed by atoms with Crippen molar-refractivity contribution >= 4 is 5.91 Å². The number of nitrogens with two attached hydrogens (primary N) is 1. The largest absolute Gasteiger partial charge is 0.496 e. The van der Waals surface area contributed by atoms with E-state index in [2.05, 4.69) is 17.0 Å². The van der Waals surface area contributed by atoms with E-state index in [0.717, 1.165) is 57.4 Å². The van der Waals surface area contributed by atoms with Gasteiger partial charge in [0.25, 0.3) is 0 Å². The number of carbonyl (C=O) groups excluding carboxylic acids is 1. The molecule has 1 aliphatic carbocycles. The van der Waals surface area contributed by atoms with Gasteiger partial charge in [0.1, 0.15) is 5.75 Å². The van der Waals surface area contributed by atoms with Gasteiger partial charge in [-0.05, 0) is 62.1 Å². The van der Waals surface area contributed by atoms with Gasteiger partial charge in [0, 0.05) is 19.0 Å². The van der Waals surface area contributed by atoms with Crippen molar-refractivity contribution < 1.29 is 9.53 Å². The fourth-order valence-electron chi connectivity index (χ4n) is 4.42. The highest BCUT2D eigenvalue weighted by Gasteiger charge is 2.35. The van der Waals surface area contributed by atoms with Crippen molar-refractivity contribution in [1.82, 2.24) is 4.90 Å². The minimum atomic E-state index is 0.181. The number of piperidine rings is 1. The van der Waals surface area contributed by atoms with Crippen LogP contribution in [0, 0.1) is 17.8 Å². The molecule has 0 unspecified atom stereocenters. The van der Waals surface area contributed by atoms with Crippen LogP contribution < -0.4 is 10.5 Å². The van der Waals surface area contributed by atoms with Crippen LogP contribution in [-0.2, 0) is 11.2 Å². The standard InChI is InChI=1S/C20H30N2O2/c1-24-19-8-3-2-5-16(19)13-15-9-11-22(12-10-15)20(23)18-7-4-6-17(18)14-21/h2-3,5,8,15,17-18H,4,6-7,9-14,21H2,1H3/t17-,18-/m1/s1. The lowest BCUT2D eigenvalue weighted by atomic mass is 9.88. The molecule has 2 atom stereocenters. The molecule has 1 aromatic carbocycles. The van der Waals surface area contributed by atoms with Crippen LogP contribution in [0.3, 0.4) is 0 Å². The summed E-state index contributed by atoms with van der Waals surface area (Å²) in [4.78, 5) is 14.9. The number of nitrogens with zero attached hydrogens (tertiary/aromatic N) is 1. The third kappa shape index (κ3) is 3.75. The number of hydrogen-bond donors (Lipinski definition) is 1. The summed E-state index contributed by atoms with van der Waals surface area (Å²) in [6.07, 6.45) is 6.52. The Kier molecular flexibility index (Phi) is 5.77. The molecule has 1 heterocycles. The monoisotopic (exact) mass is 330 g/mol. The second-order valence-electron chi connectivity index (χ2n) is 7.32. The molecule has 132 valence electrons. The van der Waals surface area contributed by atoms with Gasteiger partial charge in [0.05, 0.1) is 7.11 Å². The molecule has 3 rings (SSSR count). The Morgan fingerprint density at radius 1 is 1.21 bits per heavy atom. The van der Waals surface area contributed by atoms with Gasteiger partial charge in [-0.25, -0.2) is 0 Å². The molecule has 4 heteroatoms. The van der Waals surface area contributed by atoms with Crippen molar-refractivity contribution in [2.24, 2.45) is 23.5 Å². The average Bonchev–Trinajstić information content (AvgIpc) is 3.11. The minimum absolute atomic E-state index is 0.181. The molecule has 1 saturated heterocycles. The van der Waals surface area contributed by atoms with Gasteiger partial charge in [0.15, 0.2) is 0 Å². The van der Waals surface area contributed by atoms with Gasteiger partial charge < -0.3 is 15.4 Å². The van der Waals surface area contributed by atoms with Gasteiger partial charge in [-0.1, -0.05) is 24.6 Å². The molecular weight excluding hydrogens is 300 g/mol. The summed E-state index contributed by atoms with van der Waals surface area (Å²) < 4.78 is 5.46. The van der Waals surface area contributed by atoms with E-state index in [1.807, 2.05) is 12.1 Å². The number of rotatable bonds is 5. The predicted molar refractivity (Wildman–Crippen MR) is 95.9 cm³/mol. The average molecular weight is 330 g/mol. The summed E-state index contributed by atoms with van der Waals surface area (Å²) >= 11 is 0. The third-order valence-electron chi connectivity index (χ3n) is 5.91. The molecular formula is C20H30N2O2. The first-order chi connectivity index (χ1) is 11.7. The van der Waals surface area contributed by atoms with E-state index in [-0.39, 0.29) is 5.92 Å². The molecule has 2 aliphatic rings. The quantitative estimate of drug-likeness (QED) is 0.903. The topological polar surface area (TPSA) is 55.6 Å². The van der Waals surface area contributed by atoms with Crippen molar-refractivity contribution in [2.75, 3.05) is 26.7 Å². The molecule has 0 aromatic heterocycles. The zero-order chi connectivity index (χ0) is 16.9. The lowest BCUT2D eigenvalue weighted by Gasteiger charge is -2.35. The van der Waals surface area contributed by atoms with Gasteiger partial charge in [-0.3, -0.25) is 4.79 Å². The molecule has 2 fully saturated rings. The third-order valence-corrected chi connectivity index (χ3v) is 5.91. The highest BCUT2D eigenvalue weighted by Crippen LogP contribution is 2.34. The van der Waals surface area contributed by atoms with E-state index < -0.39 is 0 Å². The number of ether oxygens (including phenoxy) is 1. The molecule has 1 amide bonds. The summed E-state index contributed by atoms with van der Waals surface area (Å²) in [6.45, 7) is 2.44. The van der Waals surface area contributed by atoms with Crippen LogP contribution in [0.2, 0.25) is 0 Å². The summed E-state index contributed by atoms with van der Waals surface area (Å²) in [5.41, 5.74) is 7.13.